The van der Waals surface area contributed by atoms with Crippen LogP contribution in [-0.2, 0) is 5.75 Å². The summed E-state index contributed by atoms with van der Waals surface area (Å²) in [6.45, 7) is 0. The van der Waals surface area contributed by atoms with Crippen LogP contribution in [0.3, 0.4) is 0 Å². The van der Waals surface area contributed by atoms with Crippen molar-refractivity contribution in [3.63, 3.8) is 0 Å². The summed E-state index contributed by atoms with van der Waals surface area (Å²) in [6.07, 6.45) is 1.72. The van der Waals surface area contributed by atoms with Crippen molar-refractivity contribution in [2.75, 3.05) is 5.73 Å². The summed E-state index contributed by atoms with van der Waals surface area (Å²) in [5.74, 6) is 0.643. The lowest BCUT2D eigenvalue weighted by molar-refractivity contribution is 1.01. The van der Waals surface area contributed by atoms with E-state index in [1.54, 1.807) is 24.0 Å². The molecule has 0 amide bonds. The number of rotatable bonds is 3. The minimum absolute atomic E-state index is 0.0567. The first-order valence-corrected chi connectivity index (χ1v) is 7.16. The van der Waals surface area contributed by atoms with Gasteiger partial charge >= 0.3 is 0 Å². The number of nitrogens with zero attached hydrogens (tertiary/aromatic N) is 2. The fourth-order valence-corrected chi connectivity index (χ4v) is 2.80. The maximum Gasteiger partial charge on any atom is 0.258 e. The molecule has 0 saturated heterocycles. The molecule has 4 nitrogen and oxygen atoms in total. The zero-order valence-corrected chi connectivity index (χ0v) is 11.5. The van der Waals surface area contributed by atoms with E-state index in [1.807, 2.05) is 42.5 Å². The molecule has 0 unspecified atom stereocenters. The van der Waals surface area contributed by atoms with E-state index in [1.165, 1.54) is 4.40 Å². The van der Waals surface area contributed by atoms with Crippen molar-refractivity contribution in [1.29, 1.82) is 0 Å². The Balaban J connectivity index is 1.86. The summed E-state index contributed by atoms with van der Waals surface area (Å²) < 4.78 is 1.54. The normalized spacial score (nSPS) is 10.8. The van der Waals surface area contributed by atoms with Crippen molar-refractivity contribution in [3.8, 4) is 0 Å². The van der Waals surface area contributed by atoms with E-state index < -0.39 is 0 Å². The van der Waals surface area contributed by atoms with Crippen LogP contribution in [0.2, 0.25) is 0 Å². The fourth-order valence-electron chi connectivity index (χ4n) is 1.94. The smallest absolute Gasteiger partial charge is 0.258 e. The van der Waals surface area contributed by atoms with Crippen LogP contribution >= 0.6 is 11.8 Å². The molecule has 3 rings (SSSR count). The zero-order chi connectivity index (χ0) is 13.9. The summed E-state index contributed by atoms with van der Waals surface area (Å²) >= 11 is 1.61. The molecule has 0 aliphatic heterocycles. The first-order valence-electron chi connectivity index (χ1n) is 6.18. The highest BCUT2D eigenvalue weighted by molar-refractivity contribution is 7.98. The van der Waals surface area contributed by atoms with Gasteiger partial charge in [0, 0.05) is 28.6 Å². The third-order valence-corrected chi connectivity index (χ3v) is 3.90. The van der Waals surface area contributed by atoms with Gasteiger partial charge < -0.3 is 5.73 Å². The average molecular weight is 283 g/mol. The quantitative estimate of drug-likeness (QED) is 0.593. The fraction of sp³-hybridized carbons (Fsp3) is 0.0667. The van der Waals surface area contributed by atoms with Crippen molar-refractivity contribution in [2.24, 2.45) is 0 Å². The van der Waals surface area contributed by atoms with Crippen LogP contribution in [0.25, 0.3) is 5.65 Å². The molecule has 100 valence electrons. The molecule has 0 radical (unpaired) electrons. The number of hydrogen-bond acceptors (Lipinski definition) is 4. The van der Waals surface area contributed by atoms with E-state index >= 15 is 0 Å². The lowest BCUT2D eigenvalue weighted by Crippen LogP contribution is -2.14. The van der Waals surface area contributed by atoms with Gasteiger partial charge in [0.15, 0.2) is 0 Å². The van der Waals surface area contributed by atoms with E-state index in [9.17, 15) is 4.79 Å². The van der Waals surface area contributed by atoms with Crippen molar-refractivity contribution in [3.05, 3.63) is 70.8 Å². The summed E-state index contributed by atoms with van der Waals surface area (Å²) in [5, 5.41) is 0. The molecule has 1 aromatic carbocycles. The molecule has 20 heavy (non-hydrogen) atoms. The standard InChI is InChI=1S/C15H13N3OS/c16-11-4-3-5-13(8-11)20-10-12-9-15(19)18-7-2-1-6-14(18)17-12/h1-9H,10,16H2. The van der Waals surface area contributed by atoms with Gasteiger partial charge in [-0.3, -0.25) is 9.20 Å². The number of thioether (sulfide) groups is 1. The Hall–Kier alpha value is -2.27. The van der Waals surface area contributed by atoms with Gasteiger partial charge in [0.1, 0.15) is 5.65 Å². The average Bonchev–Trinajstić information content (AvgIpc) is 2.45. The Morgan fingerprint density at radius 3 is 2.90 bits per heavy atom. The molecular formula is C15H13N3OS. The van der Waals surface area contributed by atoms with Crippen molar-refractivity contribution < 1.29 is 0 Å². The minimum Gasteiger partial charge on any atom is -0.399 e. The van der Waals surface area contributed by atoms with Gasteiger partial charge in [-0.15, -0.1) is 11.8 Å². The Morgan fingerprint density at radius 1 is 1.15 bits per heavy atom. The highest BCUT2D eigenvalue weighted by Crippen LogP contribution is 2.23. The first kappa shape index (κ1) is 12.7. The van der Waals surface area contributed by atoms with Crippen LogP contribution in [-0.4, -0.2) is 9.38 Å². The number of anilines is 1. The molecule has 5 heteroatoms. The lowest BCUT2D eigenvalue weighted by Gasteiger charge is -2.04. The van der Waals surface area contributed by atoms with E-state index in [0.717, 1.165) is 16.3 Å². The maximum atomic E-state index is 12.0. The number of nitrogens with two attached hydrogens (primary N) is 1. The molecule has 0 spiro atoms. The molecule has 0 fully saturated rings. The molecule has 2 N–H and O–H groups in total. The number of hydrogen-bond donors (Lipinski definition) is 1. The van der Waals surface area contributed by atoms with Crippen LogP contribution in [0.15, 0.2) is 64.4 Å². The summed E-state index contributed by atoms with van der Waals surface area (Å²) in [4.78, 5) is 17.5. The van der Waals surface area contributed by atoms with Crippen LogP contribution in [0.4, 0.5) is 5.69 Å². The van der Waals surface area contributed by atoms with Gasteiger partial charge in [0.2, 0.25) is 0 Å². The number of fused-ring (bicyclic) bond motifs is 1. The minimum atomic E-state index is -0.0567. The van der Waals surface area contributed by atoms with Crippen molar-refractivity contribution in [1.82, 2.24) is 9.38 Å². The van der Waals surface area contributed by atoms with Gasteiger partial charge in [-0.1, -0.05) is 12.1 Å². The van der Waals surface area contributed by atoms with E-state index in [4.69, 9.17) is 5.73 Å². The predicted octanol–water partition coefficient (Wildman–Crippen LogP) is 2.57. The van der Waals surface area contributed by atoms with Crippen LogP contribution < -0.4 is 11.3 Å². The number of aromatic nitrogens is 2. The molecule has 0 atom stereocenters. The SMILES string of the molecule is Nc1cccc(SCc2cc(=O)n3ccccc3n2)c1. The molecule has 2 heterocycles. The Morgan fingerprint density at radius 2 is 2.05 bits per heavy atom. The van der Waals surface area contributed by atoms with Gasteiger partial charge in [0.05, 0.1) is 5.69 Å². The van der Waals surface area contributed by atoms with Crippen molar-refractivity contribution >= 4 is 23.1 Å². The van der Waals surface area contributed by atoms with Gasteiger partial charge in [-0.05, 0) is 30.3 Å². The van der Waals surface area contributed by atoms with Crippen LogP contribution in [0, 0.1) is 0 Å². The van der Waals surface area contributed by atoms with E-state index in [-0.39, 0.29) is 5.56 Å². The number of benzene rings is 1. The number of nitrogen functional groups attached to an aromatic ring is 1. The highest BCUT2D eigenvalue weighted by Gasteiger charge is 2.03. The second kappa shape index (κ2) is 5.38. The molecule has 0 aliphatic carbocycles. The molecule has 0 aliphatic rings. The second-order valence-electron chi connectivity index (χ2n) is 4.38. The van der Waals surface area contributed by atoms with E-state index in [0.29, 0.717) is 11.4 Å². The zero-order valence-electron chi connectivity index (χ0n) is 10.7. The lowest BCUT2D eigenvalue weighted by atomic mass is 10.3. The molecule has 2 aromatic heterocycles. The molecule has 0 bridgehead atoms. The third-order valence-electron chi connectivity index (χ3n) is 2.87. The Labute approximate surface area is 120 Å². The first-order chi connectivity index (χ1) is 9.72. The summed E-state index contributed by atoms with van der Waals surface area (Å²) in [6, 6.07) is 14.8. The molecular weight excluding hydrogens is 270 g/mol. The Kier molecular flexibility index (Phi) is 3.43. The maximum absolute atomic E-state index is 12.0. The molecule has 3 aromatic rings. The highest BCUT2D eigenvalue weighted by atomic mass is 32.2. The number of pyridine rings is 1. The largest absolute Gasteiger partial charge is 0.399 e. The summed E-state index contributed by atoms with van der Waals surface area (Å²) in [7, 11) is 0. The second-order valence-corrected chi connectivity index (χ2v) is 5.42. The van der Waals surface area contributed by atoms with Gasteiger partial charge in [-0.2, -0.15) is 0 Å². The van der Waals surface area contributed by atoms with Gasteiger partial charge in [0.25, 0.3) is 5.56 Å². The van der Waals surface area contributed by atoms with E-state index in [2.05, 4.69) is 4.98 Å². The Bertz CT molecular complexity index is 813. The summed E-state index contributed by atoms with van der Waals surface area (Å²) in [5.41, 5.74) is 7.87. The predicted molar refractivity (Wildman–Crippen MR) is 81.9 cm³/mol. The third kappa shape index (κ3) is 2.67. The van der Waals surface area contributed by atoms with Crippen LogP contribution in [0.5, 0.6) is 0 Å². The molecule has 0 saturated carbocycles. The topological polar surface area (TPSA) is 60.4 Å². The monoisotopic (exact) mass is 283 g/mol. The van der Waals surface area contributed by atoms with Gasteiger partial charge in [-0.25, -0.2) is 4.98 Å². The van der Waals surface area contributed by atoms with Crippen molar-refractivity contribution in [2.45, 2.75) is 10.6 Å². The van der Waals surface area contributed by atoms with Crippen LogP contribution in [0.1, 0.15) is 5.69 Å².